The van der Waals surface area contributed by atoms with Crippen LogP contribution in [-0.2, 0) is 17.6 Å². The number of pyridine rings is 1. The Hall–Kier alpha value is -1.71. The molecule has 1 N–H and O–H groups in total. The van der Waals surface area contributed by atoms with Crippen molar-refractivity contribution >= 4 is 0 Å². The van der Waals surface area contributed by atoms with Gasteiger partial charge in [0.15, 0.2) is 0 Å². The van der Waals surface area contributed by atoms with E-state index in [1.165, 1.54) is 16.7 Å². The summed E-state index contributed by atoms with van der Waals surface area (Å²) in [7, 11) is 0. The third kappa shape index (κ3) is 3.31. The van der Waals surface area contributed by atoms with Gasteiger partial charge in [0, 0.05) is 18.4 Å². The minimum absolute atomic E-state index is 0.120. The Morgan fingerprint density at radius 2 is 2.19 bits per heavy atom. The van der Waals surface area contributed by atoms with Gasteiger partial charge in [-0.2, -0.15) is 0 Å². The van der Waals surface area contributed by atoms with Gasteiger partial charge in [0.25, 0.3) is 0 Å². The number of likely N-dealkylation sites (N-methyl/N-ethyl adjacent to an activating group) is 1. The van der Waals surface area contributed by atoms with E-state index >= 15 is 0 Å². The van der Waals surface area contributed by atoms with Crippen molar-refractivity contribution in [3.8, 4) is 0 Å². The van der Waals surface area contributed by atoms with Gasteiger partial charge in [0.05, 0.1) is 12.7 Å². The van der Waals surface area contributed by atoms with E-state index in [2.05, 4.69) is 47.6 Å². The first-order valence-electron chi connectivity index (χ1n) is 7.70. The Morgan fingerprint density at radius 3 is 3.00 bits per heavy atom. The topological polar surface area (TPSA) is 34.2 Å². The standard InChI is InChI=1S/C18H22N2O/c1-2-20-17(12-14-6-5-10-19-13-14)18-16-8-4-3-7-15(16)9-11-21-18/h3-8,10,13,17-18,20H,2,9,11-12H2,1H3. The zero-order chi connectivity index (χ0) is 14.5. The summed E-state index contributed by atoms with van der Waals surface area (Å²) in [6, 6.07) is 13.0. The van der Waals surface area contributed by atoms with Crippen molar-refractivity contribution in [2.45, 2.75) is 31.9 Å². The summed E-state index contributed by atoms with van der Waals surface area (Å²) >= 11 is 0. The summed E-state index contributed by atoms with van der Waals surface area (Å²) < 4.78 is 6.11. The third-order valence-electron chi connectivity index (χ3n) is 4.04. The molecule has 2 aromatic rings. The normalized spacial score (nSPS) is 19.0. The molecule has 0 fully saturated rings. The maximum atomic E-state index is 6.11. The molecule has 1 aliphatic heterocycles. The molecule has 0 radical (unpaired) electrons. The molecule has 0 amide bonds. The molecule has 2 atom stereocenters. The minimum Gasteiger partial charge on any atom is -0.372 e. The van der Waals surface area contributed by atoms with Gasteiger partial charge in [0.1, 0.15) is 0 Å². The molecule has 110 valence electrons. The van der Waals surface area contributed by atoms with Crippen LogP contribution in [0.3, 0.4) is 0 Å². The van der Waals surface area contributed by atoms with E-state index in [-0.39, 0.29) is 12.1 Å². The maximum absolute atomic E-state index is 6.11. The fourth-order valence-electron chi connectivity index (χ4n) is 3.08. The first-order chi connectivity index (χ1) is 10.4. The Bertz CT molecular complexity index is 570. The van der Waals surface area contributed by atoms with Gasteiger partial charge in [-0.05, 0) is 42.1 Å². The number of rotatable bonds is 5. The number of hydrogen-bond donors (Lipinski definition) is 1. The SMILES string of the molecule is CCNC(Cc1cccnc1)C1OCCc2ccccc21. The summed E-state index contributed by atoms with van der Waals surface area (Å²) in [5, 5.41) is 3.59. The Kier molecular flexibility index (Phi) is 4.63. The average Bonchev–Trinajstić information content (AvgIpc) is 2.55. The molecule has 3 nitrogen and oxygen atoms in total. The van der Waals surface area contributed by atoms with Crippen molar-refractivity contribution in [2.24, 2.45) is 0 Å². The minimum atomic E-state index is 0.120. The highest BCUT2D eigenvalue weighted by Gasteiger charge is 2.28. The molecule has 3 heteroatoms. The maximum Gasteiger partial charge on any atom is 0.0983 e. The van der Waals surface area contributed by atoms with Crippen molar-refractivity contribution in [2.75, 3.05) is 13.2 Å². The molecule has 0 bridgehead atoms. The molecule has 1 aromatic carbocycles. The van der Waals surface area contributed by atoms with Crippen molar-refractivity contribution in [1.29, 1.82) is 0 Å². The van der Waals surface area contributed by atoms with Crippen LogP contribution in [0.4, 0.5) is 0 Å². The molecule has 0 spiro atoms. The van der Waals surface area contributed by atoms with Crippen LogP contribution in [0.5, 0.6) is 0 Å². The van der Waals surface area contributed by atoms with Crippen LogP contribution in [0.25, 0.3) is 0 Å². The zero-order valence-corrected chi connectivity index (χ0v) is 12.5. The average molecular weight is 282 g/mol. The predicted molar refractivity (Wildman–Crippen MR) is 84.2 cm³/mol. The number of ether oxygens (including phenoxy) is 1. The predicted octanol–water partition coefficient (Wildman–Crippen LogP) is 2.92. The first kappa shape index (κ1) is 14.2. The number of fused-ring (bicyclic) bond motifs is 1. The van der Waals surface area contributed by atoms with E-state index in [0.29, 0.717) is 0 Å². The highest BCUT2D eigenvalue weighted by Crippen LogP contribution is 2.30. The lowest BCUT2D eigenvalue weighted by Gasteiger charge is -2.33. The Labute approximate surface area is 126 Å². The quantitative estimate of drug-likeness (QED) is 0.915. The van der Waals surface area contributed by atoms with Crippen molar-refractivity contribution in [1.82, 2.24) is 10.3 Å². The van der Waals surface area contributed by atoms with Gasteiger partial charge in [-0.3, -0.25) is 4.98 Å². The second kappa shape index (κ2) is 6.83. The lowest BCUT2D eigenvalue weighted by Crippen LogP contribution is -2.40. The van der Waals surface area contributed by atoms with Gasteiger partial charge >= 0.3 is 0 Å². The van der Waals surface area contributed by atoms with Crippen molar-refractivity contribution < 1.29 is 4.74 Å². The molecule has 0 saturated carbocycles. The molecule has 2 unspecified atom stereocenters. The second-order valence-electron chi connectivity index (χ2n) is 5.47. The molecule has 1 aliphatic rings. The lowest BCUT2D eigenvalue weighted by atomic mass is 9.90. The number of nitrogens with zero attached hydrogens (tertiary/aromatic N) is 1. The molecule has 2 heterocycles. The number of aromatic nitrogens is 1. The fourth-order valence-corrected chi connectivity index (χ4v) is 3.08. The van der Waals surface area contributed by atoms with Gasteiger partial charge in [-0.1, -0.05) is 37.3 Å². The Morgan fingerprint density at radius 1 is 1.29 bits per heavy atom. The molecule has 21 heavy (non-hydrogen) atoms. The number of benzene rings is 1. The van der Waals surface area contributed by atoms with Crippen LogP contribution in [0, 0.1) is 0 Å². The van der Waals surface area contributed by atoms with Gasteiger partial charge < -0.3 is 10.1 Å². The molecular weight excluding hydrogens is 260 g/mol. The summed E-state index contributed by atoms with van der Waals surface area (Å²) in [4.78, 5) is 4.22. The summed E-state index contributed by atoms with van der Waals surface area (Å²) in [6.45, 7) is 3.88. The summed E-state index contributed by atoms with van der Waals surface area (Å²) in [6.07, 6.45) is 5.83. The van der Waals surface area contributed by atoms with Crippen LogP contribution in [0.15, 0.2) is 48.8 Å². The number of nitrogens with one attached hydrogen (secondary N) is 1. The van der Waals surface area contributed by atoms with Crippen LogP contribution < -0.4 is 5.32 Å². The first-order valence-corrected chi connectivity index (χ1v) is 7.70. The zero-order valence-electron chi connectivity index (χ0n) is 12.5. The van der Waals surface area contributed by atoms with Crippen LogP contribution in [-0.4, -0.2) is 24.2 Å². The molecule has 1 aromatic heterocycles. The Balaban J connectivity index is 1.84. The van der Waals surface area contributed by atoms with E-state index in [1.807, 2.05) is 18.5 Å². The van der Waals surface area contributed by atoms with Gasteiger partial charge in [0.2, 0.25) is 0 Å². The summed E-state index contributed by atoms with van der Waals surface area (Å²) in [5.74, 6) is 0. The number of hydrogen-bond acceptors (Lipinski definition) is 3. The van der Waals surface area contributed by atoms with Crippen LogP contribution in [0.1, 0.15) is 29.7 Å². The molecular formula is C18H22N2O. The van der Waals surface area contributed by atoms with E-state index in [1.54, 1.807) is 0 Å². The van der Waals surface area contributed by atoms with E-state index in [4.69, 9.17) is 4.74 Å². The van der Waals surface area contributed by atoms with Gasteiger partial charge in [-0.15, -0.1) is 0 Å². The summed E-state index contributed by atoms with van der Waals surface area (Å²) in [5.41, 5.74) is 4.00. The van der Waals surface area contributed by atoms with Crippen LogP contribution >= 0.6 is 0 Å². The monoisotopic (exact) mass is 282 g/mol. The van der Waals surface area contributed by atoms with E-state index < -0.39 is 0 Å². The smallest absolute Gasteiger partial charge is 0.0983 e. The van der Waals surface area contributed by atoms with Crippen molar-refractivity contribution in [3.05, 3.63) is 65.5 Å². The van der Waals surface area contributed by atoms with Crippen molar-refractivity contribution in [3.63, 3.8) is 0 Å². The highest BCUT2D eigenvalue weighted by molar-refractivity contribution is 5.32. The van der Waals surface area contributed by atoms with Crippen LogP contribution in [0.2, 0.25) is 0 Å². The third-order valence-corrected chi connectivity index (χ3v) is 4.04. The lowest BCUT2D eigenvalue weighted by molar-refractivity contribution is 0.0158. The van der Waals surface area contributed by atoms with E-state index in [9.17, 15) is 0 Å². The fraction of sp³-hybridized carbons (Fsp3) is 0.389. The second-order valence-corrected chi connectivity index (χ2v) is 5.47. The molecule has 0 aliphatic carbocycles. The van der Waals surface area contributed by atoms with E-state index in [0.717, 1.165) is 26.0 Å². The highest BCUT2D eigenvalue weighted by atomic mass is 16.5. The molecule has 3 rings (SSSR count). The molecule has 0 saturated heterocycles. The largest absolute Gasteiger partial charge is 0.372 e. The van der Waals surface area contributed by atoms with Gasteiger partial charge in [-0.25, -0.2) is 0 Å².